The molecule has 0 heterocycles. The molecule has 0 saturated carbocycles. The van der Waals surface area contributed by atoms with Gasteiger partial charge in [0.2, 0.25) is 0 Å². The fourth-order valence-electron chi connectivity index (χ4n) is 4.77. The summed E-state index contributed by atoms with van der Waals surface area (Å²) in [5, 5.41) is 5.87. The predicted molar refractivity (Wildman–Crippen MR) is 156 cm³/mol. The molecule has 4 rings (SSSR count). The van der Waals surface area contributed by atoms with Crippen molar-refractivity contribution in [3.05, 3.63) is 68.7 Å². The molecule has 0 saturated heterocycles. The molecule has 2 aliphatic carbocycles. The number of carbonyl (C=O) groups excluding carboxylic acids is 3. The number of amides is 2. The quantitative estimate of drug-likeness (QED) is 0.382. The minimum Gasteiger partial charge on any atom is -0.444 e. The number of carbonyl (C=O) groups is 3. The van der Waals surface area contributed by atoms with E-state index < -0.39 is 11.2 Å². The largest absolute Gasteiger partial charge is 0.444 e. The van der Waals surface area contributed by atoms with E-state index in [0.717, 1.165) is 49.3 Å². The summed E-state index contributed by atoms with van der Waals surface area (Å²) in [6.07, 6.45) is 5.54. The Bertz CT molecular complexity index is 1180. The van der Waals surface area contributed by atoms with Crippen LogP contribution < -0.4 is 10.6 Å². The van der Waals surface area contributed by atoms with Crippen molar-refractivity contribution in [2.75, 3.05) is 0 Å². The summed E-state index contributed by atoms with van der Waals surface area (Å²) in [7, 11) is 0. The number of alkyl carbamates (subject to hydrolysis) is 2. The van der Waals surface area contributed by atoms with E-state index in [0.29, 0.717) is 5.56 Å². The maximum Gasteiger partial charge on any atom is 0.407 e. The van der Waals surface area contributed by atoms with Gasteiger partial charge in [-0.1, -0.05) is 34.1 Å². The molecule has 212 valence electrons. The Hall–Kier alpha value is -2.87. The number of aldehydes is 1. The van der Waals surface area contributed by atoms with Gasteiger partial charge in [0.25, 0.3) is 0 Å². The van der Waals surface area contributed by atoms with Crippen molar-refractivity contribution in [3.63, 3.8) is 0 Å². The molecule has 7 nitrogen and oxygen atoms in total. The van der Waals surface area contributed by atoms with Crippen LogP contribution in [0.2, 0.25) is 0 Å². The Balaban J connectivity index is 0.000000216. The minimum absolute atomic E-state index is 0.0967. The highest BCUT2D eigenvalue weighted by atomic mass is 79.9. The molecule has 0 spiro atoms. The van der Waals surface area contributed by atoms with Gasteiger partial charge in [-0.05, 0) is 121 Å². The van der Waals surface area contributed by atoms with Crippen LogP contribution in [0.25, 0.3) is 0 Å². The second-order valence-corrected chi connectivity index (χ2v) is 13.1. The SMILES string of the molecule is CC(C)(C)OC(=O)NC1CCc2cc(Br)ccc2C1.CC(C)(C)OC(=O)NC1CCc2cc(C=O)ccc2C1. The molecule has 2 aliphatic rings. The molecule has 8 heteroatoms. The Morgan fingerprint density at radius 2 is 1.23 bits per heavy atom. The van der Waals surface area contributed by atoms with Crippen LogP contribution in [0.3, 0.4) is 0 Å². The van der Waals surface area contributed by atoms with E-state index in [1.54, 1.807) is 0 Å². The highest BCUT2D eigenvalue weighted by molar-refractivity contribution is 9.10. The highest BCUT2D eigenvalue weighted by Crippen LogP contribution is 2.25. The molecule has 39 heavy (non-hydrogen) atoms. The molecule has 0 bridgehead atoms. The van der Waals surface area contributed by atoms with E-state index in [2.05, 4.69) is 44.8 Å². The Morgan fingerprint density at radius 1 is 0.769 bits per heavy atom. The molecule has 0 radical (unpaired) electrons. The topological polar surface area (TPSA) is 93.7 Å². The summed E-state index contributed by atoms with van der Waals surface area (Å²) in [4.78, 5) is 34.3. The van der Waals surface area contributed by atoms with Gasteiger partial charge in [-0.15, -0.1) is 0 Å². The van der Waals surface area contributed by atoms with E-state index in [9.17, 15) is 14.4 Å². The van der Waals surface area contributed by atoms with Crippen molar-refractivity contribution >= 4 is 34.4 Å². The number of aryl methyl sites for hydroxylation is 2. The molecule has 0 aromatic heterocycles. The molecule has 2 aromatic rings. The molecule has 2 aromatic carbocycles. The smallest absolute Gasteiger partial charge is 0.407 e. The summed E-state index contributed by atoms with van der Waals surface area (Å²) in [6, 6.07) is 12.3. The maximum absolute atomic E-state index is 11.8. The molecule has 2 atom stereocenters. The second kappa shape index (κ2) is 13.0. The summed E-state index contributed by atoms with van der Waals surface area (Å²) >= 11 is 3.49. The van der Waals surface area contributed by atoms with Crippen LogP contribution in [-0.2, 0) is 35.2 Å². The number of ether oxygens (including phenoxy) is 2. The van der Waals surface area contributed by atoms with Crippen LogP contribution in [0.15, 0.2) is 40.9 Å². The fourth-order valence-corrected chi connectivity index (χ4v) is 5.18. The number of rotatable bonds is 3. The molecule has 0 fully saturated rings. The number of halogens is 1. The van der Waals surface area contributed by atoms with E-state index in [1.807, 2.05) is 59.7 Å². The van der Waals surface area contributed by atoms with Gasteiger partial charge in [0.15, 0.2) is 0 Å². The lowest BCUT2D eigenvalue weighted by Gasteiger charge is -2.27. The van der Waals surface area contributed by atoms with Gasteiger partial charge in [-0.3, -0.25) is 4.79 Å². The molecular weight excluding hydrogens is 560 g/mol. The fraction of sp³-hybridized carbons (Fsp3) is 0.516. The van der Waals surface area contributed by atoms with Crippen molar-refractivity contribution in [1.82, 2.24) is 10.6 Å². The van der Waals surface area contributed by atoms with Gasteiger partial charge in [0.05, 0.1) is 0 Å². The van der Waals surface area contributed by atoms with Crippen molar-refractivity contribution < 1.29 is 23.9 Å². The van der Waals surface area contributed by atoms with Gasteiger partial charge < -0.3 is 20.1 Å². The lowest BCUT2D eigenvalue weighted by atomic mass is 9.87. The van der Waals surface area contributed by atoms with Crippen LogP contribution >= 0.6 is 15.9 Å². The lowest BCUT2D eigenvalue weighted by Crippen LogP contribution is -2.41. The molecule has 2 N–H and O–H groups in total. The molecular formula is C31H41BrN2O5. The highest BCUT2D eigenvalue weighted by Gasteiger charge is 2.24. The first-order valence-electron chi connectivity index (χ1n) is 13.5. The first-order chi connectivity index (χ1) is 18.2. The first kappa shape index (κ1) is 30.7. The first-order valence-corrected chi connectivity index (χ1v) is 14.3. The predicted octanol–water partition coefficient (Wildman–Crippen LogP) is 6.71. The van der Waals surface area contributed by atoms with Gasteiger partial charge in [-0.2, -0.15) is 0 Å². The Kier molecular flexibility index (Phi) is 10.2. The third-order valence-corrected chi connectivity index (χ3v) is 6.93. The Labute approximate surface area is 240 Å². The van der Waals surface area contributed by atoms with Crippen molar-refractivity contribution in [1.29, 1.82) is 0 Å². The average Bonchev–Trinajstić information content (AvgIpc) is 2.81. The zero-order valence-corrected chi connectivity index (χ0v) is 25.4. The number of nitrogens with one attached hydrogen (secondary N) is 2. The number of hydrogen-bond donors (Lipinski definition) is 2. The van der Waals surface area contributed by atoms with Crippen LogP contribution in [0, 0.1) is 0 Å². The van der Waals surface area contributed by atoms with E-state index in [4.69, 9.17) is 9.47 Å². The Morgan fingerprint density at radius 3 is 1.69 bits per heavy atom. The lowest BCUT2D eigenvalue weighted by molar-refractivity contribution is 0.0488. The third-order valence-electron chi connectivity index (χ3n) is 6.43. The average molecular weight is 602 g/mol. The van der Waals surface area contributed by atoms with Gasteiger partial charge in [-0.25, -0.2) is 9.59 Å². The number of hydrogen-bond acceptors (Lipinski definition) is 5. The van der Waals surface area contributed by atoms with E-state index in [-0.39, 0.29) is 24.3 Å². The molecule has 2 unspecified atom stereocenters. The monoisotopic (exact) mass is 600 g/mol. The standard InChI is InChI=1S/C16H21NO3.C15H20BrNO2/c1-16(2,3)20-15(19)17-14-7-6-12-8-11(10-18)4-5-13(12)9-14;1-15(2,3)19-14(18)17-13-7-5-10-8-12(16)6-4-11(10)9-13/h4-5,8,10,14H,6-7,9H2,1-3H3,(H,17,19);4,6,8,13H,5,7,9H2,1-3H3,(H,17,18). The zero-order valence-electron chi connectivity index (χ0n) is 23.9. The van der Waals surface area contributed by atoms with Gasteiger partial charge >= 0.3 is 12.2 Å². The third kappa shape index (κ3) is 10.3. The molecule has 2 amide bonds. The zero-order chi connectivity index (χ0) is 28.8. The van der Waals surface area contributed by atoms with Crippen LogP contribution in [0.1, 0.15) is 87.0 Å². The number of fused-ring (bicyclic) bond motifs is 2. The normalized spacial score (nSPS) is 18.3. The summed E-state index contributed by atoms with van der Waals surface area (Å²) in [6.45, 7) is 11.2. The van der Waals surface area contributed by atoms with Gasteiger partial charge in [0.1, 0.15) is 17.5 Å². The molecule has 0 aliphatic heterocycles. The van der Waals surface area contributed by atoms with Crippen LogP contribution in [0.5, 0.6) is 0 Å². The number of benzene rings is 2. The van der Waals surface area contributed by atoms with E-state index in [1.165, 1.54) is 22.3 Å². The minimum atomic E-state index is -0.477. The van der Waals surface area contributed by atoms with E-state index >= 15 is 0 Å². The van der Waals surface area contributed by atoms with Gasteiger partial charge in [0, 0.05) is 22.1 Å². The van der Waals surface area contributed by atoms with Crippen molar-refractivity contribution in [2.24, 2.45) is 0 Å². The van der Waals surface area contributed by atoms with Crippen LogP contribution in [-0.4, -0.2) is 41.8 Å². The van der Waals surface area contributed by atoms with Crippen LogP contribution in [0.4, 0.5) is 9.59 Å². The summed E-state index contributed by atoms with van der Waals surface area (Å²) in [5.74, 6) is 0. The van der Waals surface area contributed by atoms with Crippen molar-refractivity contribution in [2.45, 2.75) is 103 Å². The second-order valence-electron chi connectivity index (χ2n) is 12.2. The summed E-state index contributed by atoms with van der Waals surface area (Å²) < 4.78 is 11.7. The van der Waals surface area contributed by atoms with Crippen molar-refractivity contribution in [3.8, 4) is 0 Å². The maximum atomic E-state index is 11.8. The summed E-state index contributed by atoms with van der Waals surface area (Å²) in [5.41, 5.74) is 4.88.